The van der Waals surface area contributed by atoms with Gasteiger partial charge >= 0.3 is 0 Å². The Bertz CT molecular complexity index is 494. The molecular weight excluding hydrogens is 306 g/mol. The number of rotatable bonds is 5. The van der Waals surface area contributed by atoms with Gasteiger partial charge in [-0.05, 0) is 34.0 Å². The number of benzene rings is 1. The third-order valence-electron chi connectivity index (χ3n) is 2.63. The lowest BCUT2D eigenvalue weighted by Gasteiger charge is -2.24. The lowest BCUT2D eigenvalue weighted by molar-refractivity contribution is 0.0739. The van der Waals surface area contributed by atoms with Crippen LogP contribution in [0.15, 0.2) is 22.7 Å². The predicted molar refractivity (Wildman–Crippen MR) is 79.5 cm³/mol. The summed E-state index contributed by atoms with van der Waals surface area (Å²) in [5.41, 5.74) is 6.87. The minimum Gasteiger partial charge on any atom is -0.398 e. The topological polar surface area (TPSA) is 70.1 Å². The smallest absolute Gasteiger partial charge is 0.255 e. The van der Waals surface area contributed by atoms with E-state index < -0.39 is 0 Å². The number of nitrogens with two attached hydrogens (primary N) is 1. The van der Waals surface area contributed by atoms with Crippen molar-refractivity contribution in [1.29, 1.82) is 5.26 Å². The van der Waals surface area contributed by atoms with Crippen LogP contribution in [0.25, 0.3) is 0 Å². The molecule has 1 aromatic carbocycles. The third-order valence-corrected chi connectivity index (χ3v) is 3.51. The van der Waals surface area contributed by atoms with Gasteiger partial charge < -0.3 is 10.6 Å². The van der Waals surface area contributed by atoms with Crippen LogP contribution in [0.2, 0.25) is 0 Å². The second kappa shape index (κ2) is 7.15. The average Bonchev–Trinajstić information content (AvgIpc) is 2.36. The van der Waals surface area contributed by atoms with E-state index in [4.69, 9.17) is 11.0 Å². The number of carbonyl (C=O) groups is 1. The van der Waals surface area contributed by atoms with Gasteiger partial charge in [-0.2, -0.15) is 5.26 Å². The van der Waals surface area contributed by atoms with Crippen molar-refractivity contribution >= 4 is 27.5 Å². The van der Waals surface area contributed by atoms with Gasteiger partial charge in [-0.25, -0.2) is 0 Å². The number of amides is 1. The Morgan fingerprint density at radius 3 is 2.79 bits per heavy atom. The van der Waals surface area contributed by atoms with Gasteiger partial charge in [0.1, 0.15) is 0 Å². The van der Waals surface area contributed by atoms with Gasteiger partial charge in [0.15, 0.2) is 0 Å². The zero-order valence-corrected chi connectivity index (χ0v) is 12.8. The van der Waals surface area contributed by atoms with Crippen molar-refractivity contribution in [3.05, 3.63) is 28.2 Å². The molecule has 0 fully saturated rings. The minimum atomic E-state index is -0.0943. The molecular formula is C14H18BrN3O. The van der Waals surface area contributed by atoms with E-state index in [1.807, 2.05) is 13.8 Å². The summed E-state index contributed by atoms with van der Waals surface area (Å²) in [6.07, 6.45) is 0.332. The van der Waals surface area contributed by atoms with Crippen LogP contribution in [0.4, 0.5) is 5.69 Å². The van der Waals surface area contributed by atoms with Gasteiger partial charge in [0.25, 0.3) is 5.91 Å². The Balaban J connectivity index is 2.98. The highest BCUT2D eigenvalue weighted by molar-refractivity contribution is 9.10. The molecule has 4 nitrogen and oxygen atoms in total. The SMILES string of the molecule is CC(C)CN(CCC#N)C(=O)c1cccc(N)c1Br. The van der Waals surface area contributed by atoms with Crippen LogP contribution in [0.5, 0.6) is 0 Å². The number of nitriles is 1. The molecule has 5 heteroatoms. The van der Waals surface area contributed by atoms with Crippen molar-refractivity contribution in [3.8, 4) is 6.07 Å². The number of nitrogens with zero attached hydrogens (tertiary/aromatic N) is 2. The van der Waals surface area contributed by atoms with Crippen LogP contribution in [0.3, 0.4) is 0 Å². The van der Waals surface area contributed by atoms with Crippen molar-refractivity contribution in [2.75, 3.05) is 18.8 Å². The van der Waals surface area contributed by atoms with Gasteiger partial charge in [0, 0.05) is 18.8 Å². The van der Waals surface area contributed by atoms with Crippen LogP contribution < -0.4 is 5.73 Å². The first-order valence-electron chi connectivity index (χ1n) is 6.17. The maximum absolute atomic E-state index is 12.5. The Morgan fingerprint density at radius 2 is 2.21 bits per heavy atom. The first-order chi connectivity index (χ1) is 8.97. The van der Waals surface area contributed by atoms with Crippen molar-refractivity contribution < 1.29 is 4.79 Å². The molecule has 0 heterocycles. The highest BCUT2D eigenvalue weighted by Gasteiger charge is 2.19. The molecule has 1 aromatic rings. The van der Waals surface area contributed by atoms with E-state index in [-0.39, 0.29) is 5.91 Å². The van der Waals surface area contributed by atoms with E-state index >= 15 is 0 Å². The molecule has 102 valence electrons. The van der Waals surface area contributed by atoms with Crippen molar-refractivity contribution in [3.63, 3.8) is 0 Å². The second-order valence-corrected chi connectivity index (χ2v) is 5.55. The molecule has 0 saturated carbocycles. The number of carbonyl (C=O) groups excluding carboxylic acids is 1. The Morgan fingerprint density at radius 1 is 1.53 bits per heavy atom. The van der Waals surface area contributed by atoms with Crippen LogP contribution >= 0.6 is 15.9 Å². The molecule has 0 bridgehead atoms. The Hall–Kier alpha value is -1.54. The molecule has 0 radical (unpaired) electrons. The highest BCUT2D eigenvalue weighted by atomic mass is 79.9. The van der Waals surface area contributed by atoms with Gasteiger partial charge in [0.2, 0.25) is 0 Å². The van der Waals surface area contributed by atoms with Gasteiger partial charge in [-0.15, -0.1) is 0 Å². The van der Waals surface area contributed by atoms with Crippen molar-refractivity contribution in [2.45, 2.75) is 20.3 Å². The zero-order valence-electron chi connectivity index (χ0n) is 11.2. The summed E-state index contributed by atoms with van der Waals surface area (Å²) in [6, 6.07) is 7.31. The molecule has 0 atom stereocenters. The Labute approximate surface area is 122 Å². The third kappa shape index (κ3) is 4.25. The summed E-state index contributed by atoms with van der Waals surface area (Å²) < 4.78 is 0.616. The van der Waals surface area contributed by atoms with E-state index in [0.717, 1.165) is 0 Å². The van der Waals surface area contributed by atoms with Crippen LogP contribution in [-0.2, 0) is 0 Å². The van der Waals surface area contributed by atoms with Crippen LogP contribution in [0, 0.1) is 17.2 Å². The summed E-state index contributed by atoms with van der Waals surface area (Å²) in [6.45, 7) is 5.15. The van der Waals surface area contributed by atoms with Crippen LogP contribution in [-0.4, -0.2) is 23.9 Å². The first-order valence-corrected chi connectivity index (χ1v) is 6.96. The standard InChI is InChI=1S/C14H18BrN3O/c1-10(2)9-18(8-4-7-16)14(19)11-5-3-6-12(17)13(11)15/h3,5-6,10H,4,8-9,17H2,1-2H3. The van der Waals surface area contributed by atoms with Crippen molar-refractivity contribution in [2.24, 2.45) is 5.92 Å². The summed E-state index contributed by atoms with van der Waals surface area (Å²) in [4.78, 5) is 14.2. The molecule has 0 unspecified atom stereocenters. The summed E-state index contributed by atoms with van der Waals surface area (Å²) in [7, 11) is 0. The molecule has 0 spiro atoms. The molecule has 1 amide bonds. The lowest BCUT2D eigenvalue weighted by atomic mass is 10.1. The molecule has 19 heavy (non-hydrogen) atoms. The second-order valence-electron chi connectivity index (χ2n) is 4.76. The van der Waals surface area contributed by atoms with Gasteiger partial charge in [-0.1, -0.05) is 19.9 Å². The number of halogens is 1. The summed E-state index contributed by atoms with van der Waals surface area (Å²) in [5, 5.41) is 8.68. The van der Waals surface area contributed by atoms with E-state index in [0.29, 0.717) is 41.2 Å². The first kappa shape index (κ1) is 15.5. The summed E-state index contributed by atoms with van der Waals surface area (Å²) in [5.74, 6) is 0.255. The van der Waals surface area contributed by atoms with E-state index in [9.17, 15) is 4.79 Å². The molecule has 1 rings (SSSR count). The average molecular weight is 324 g/mol. The van der Waals surface area contributed by atoms with Crippen LogP contribution in [0.1, 0.15) is 30.6 Å². The Kier molecular flexibility index (Phi) is 5.84. The highest BCUT2D eigenvalue weighted by Crippen LogP contribution is 2.25. The predicted octanol–water partition coefficient (Wildman–Crippen LogP) is 3.04. The van der Waals surface area contributed by atoms with E-state index in [1.54, 1.807) is 23.1 Å². The number of nitrogen functional groups attached to an aromatic ring is 1. The molecule has 0 aromatic heterocycles. The molecule has 0 aliphatic rings. The van der Waals surface area contributed by atoms with Gasteiger partial charge in [-0.3, -0.25) is 4.79 Å². The van der Waals surface area contributed by atoms with E-state index in [2.05, 4.69) is 22.0 Å². The van der Waals surface area contributed by atoms with Gasteiger partial charge in [0.05, 0.1) is 22.5 Å². The normalized spacial score (nSPS) is 10.3. The van der Waals surface area contributed by atoms with Crippen molar-refractivity contribution in [1.82, 2.24) is 4.90 Å². The number of anilines is 1. The minimum absolute atomic E-state index is 0.0943. The summed E-state index contributed by atoms with van der Waals surface area (Å²) >= 11 is 3.35. The number of hydrogen-bond acceptors (Lipinski definition) is 3. The lowest BCUT2D eigenvalue weighted by Crippen LogP contribution is -2.35. The molecule has 0 saturated heterocycles. The maximum atomic E-state index is 12.5. The molecule has 2 N–H and O–H groups in total. The monoisotopic (exact) mass is 323 g/mol. The van der Waals surface area contributed by atoms with E-state index in [1.165, 1.54) is 0 Å². The fourth-order valence-corrected chi connectivity index (χ4v) is 2.22. The fourth-order valence-electron chi connectivity index (χ4n) is 1.79. The number of hydrogen-bond donors (Lipinski definition) is 1. The fraction of sp³-hybridized carbons (Fsp3) is 0.429. The quantitative estimate of drug-likeness (QED) is 0.846. The zero-order chi connectivity index (χ0) is 14.4. The molecule has 0 aliphatic heterocycles. The maximum Gasteiger partial charge on any atom is 0.255 e. The largest absolute Gasteiger partial charge is 0.398 e. The molecule has 0 aliphatic carbocycles.